The quantitative estimate of drug-likeness (QED) is 0.362. The van der Waals surface area contributed by atoms with E-state index in [0.29, 0.717) is 0 Å². The summed E-state index contributed by atoms with van der Waals surface area (Å²) in [6, 6.07) is 0. The Kier molecular flexibility index (Phi) is 11.4. The maximum Gasteiger partial charge on any atom is 0.236 e. The summed E-state index contributed by atoms with van der Waals surface area (Å²) in [4.78, 5) is 24.2. The maximum absolute atomic E-state index is 9.20. The highest BCUT2D eigenvalue weighted by atomic mass is 16.1. The largest absolute Gasteiger partial charge is 0.236 e. The molecule has 4 heteroatoms. The van der Waals surface area contributed by atoms with E-state index in [1.54, 1.807) is 0 Å². The minimum absolute atomic E-state index is 0. The first-order valence-corrected chi connectivity index (χ1v) is 1.49. The molecule has 0 aliphatic heterocycles. The molecule has 0 saturated carbocycles. The van der Waals surface area contributed by atoms with Gasteiger partial charge in [-0.15, -0.1) is 0 Å². The van der Waals surface area contributed by atoms with Crippen LogP contribution in [0.3, 0.4) is 0 Å². The zero-order chi connectivity index (χ0) is 5.54. The third kappa shape index (κ3) is 8.83. The van der Waals surface area contributed by atoms with Gasteiger partial charge in [-0.25, -0.2) is 9.59 Å². The monoisotopic (exact) mass is 110 g/mol. The van der Waals surface area contributed by atoms with E-state index >= 15 is 0 Å². The molecule has 0 aromatic heterocycles. The van der Waals surface area contributed by atoms with Crippen molar-refractivity contribution in [3.05, 3.63) is 7.43 Å². The van der Waals surface area contributed by atoms with Gasteiger partial charge in [-0.2, -0.15) is 9.98 Å². The van der Waals surface area contributed by atoms with Gasteiger partial charge in [-0.3, -0.25) is 0 Å². The van der Waals surface area contributed by atoms with Crippen LogP contribution >= 0.6 is 0 Å². The van der Waals surface area contributed by atoms with Crippen molar-refractivity contribution < 1.29 is 9.59 Å². The molecule has 0 rings (SSSR count). The summed E-state index contributed by atoms with van der Waals surface area (Å²) >= 11 is 0. The highest BCUT2D eigenvalue weighted by Gasteiger charge is 1.63. The standard InChI is InChI=1S/C3H2N2O2.C/c6-2-4-1-5-3-7;/h1H2;. The van der Waals surface area contributed by atoms with Gasteiger partial charge in [0.2, 0.25) is 12.2 Å². The molecule has 4 radical (unpaired) electrons. The van der Waals surface area contributed by atoms with Crippen LogP contribution in [0.15, 0.2) is 9.98 Å². The molecule has 0 aromatic carbocycles. The van der Waals surface area contributed by atoms with Crippen LogP contribution in [0, 0.1) is 7.43 Å². The van der Waals surface area contributed by atoms with Crippen LogP contribution in [0.2, 0.25) is 0 Å². The van der Waals surface area contributed by atoms with E-state index in [0.717, 1.165) is 0 Å². The average molecular weight is 110 g/mol. The predicted octanol–water partition coefficient (Wildman–Crippen LogP) is -0.303. The minimum Gasteiger partial charge on any atom is -0.211 e. The molecule has 4 nitrogen and oxygen atoms in total. The van der Waals surface area contributed by atoms with Crippen LogP contribution in [0.4, 0.5) is 0 Å². The van der Waals surface area contributed by atoms with Crippen LogP contribution < -0.4 is 0 Å². The highest BCUT2D eigenvalue weighted by molar-refractivity contribution is 5.35. The Bertz CT molecular complexity index is 115. The number of nitrogens with zero attached hydrogens (tertiary/aromatic N) is 2. The van der Waals surface area contributed by atoms with Crippen molar-refractivity contribution >= 4 is 12.2 Å². The predicted molar refractivity (Wildman–Crippen MR) is 24.4 cm³/mol. The van der Waals surface area contributed by atoms with Gasteiger partial charge in [-0.05, 0) is 0 Å². The Labute approximate surface area is 47.0 Å². The number of hydrogen-bond acceptors (Lipinski definition) is 4. The molecular formula is C4H2N2O2. The van der Waals surface area contributed by atoms with Crippen molar-refractivity contribution in [2.45, 2.75) is 0 Å². The summed E-state index contributed by atoms with van der Waals surface area (Å²) in [6.45, 7) is -0.160. The van der Waals surface area contributed by atoms with Gasteiger partial charge in [0.15, 0.2) is 6.67 Å². The average Bonchev–Trinajstić information content (AvgIpc) is 1.69. The van der Waals surface area contributed by atoms with Crippen LogP contribution in [0.25, 0.3) is 0 Å². The minimum atomic E-state index is -0.160. The van der Waals surface area contributed by atoms with Gasteiger partial charge in [0.1, 0.15) is 0 Å². The van der Waals surface area contributed by atoms with Gasteiger partial charge in [0, 0.05) is 7.43 Å². The normalized spacial score (nSPS) is 5.00. The number of rotatable bonds is 2. The summed E-state index contributed by atoms with van der Waals surface area (Å²) in [6.07, 6.45) is 2.41. The Morgan fingerprint density at radius 3 is 1.75 bits per heavy atom. The Morgan fingerprint density at radius 1 is 1.12 bits per heavy atom. The first kappa shape index (κ1) is 9.90. The number of hydrogen-bond donors (Lipinski definition) is 0. The Morgan fingerprint density at radius 2 is 1.50 bits per heavy atom. The molecule has 8 heavy (non-hydrogen) atoms. The molecular weight excluding hydrogens is 108 g/mol. The molecule has 0 heterocycles. The summed E-state index contributed by atoms with van der Waals surface area (Å²) in [5, 5.41) is 0. The fraction of sp³-hybridized carbons (Fsp3) is 0.250. The zero-order valence-electron chi connectivity index (χ0n) is 3.92. The summed E-state index contributed by atoms with van der Waals surface area (Å²) in [5.74, 6) is 0. The van der Waals surface area contributed by atoms with Crippen molar-refractivity contribution in [1.82, 2.24) is 0 Å². The van der Waals surface area contributed by atoms with Gasteiger partial charge >= 0.3 is 0 Å². The maximum atomic E-state index is 9.20. The van der Waals surface area contributed by atoms with Crippen LogP contribution in [0.1, 0.15) is 0 Å². The topological polar surface area (TPSA) is 58.9 Å². The first-order chi connectivity index (χ1) is 3.41. The van der Waals surface area contributed by atoms with Crippen LogP contribution in [-0.2, 0) is 9.59 Å². The molecule has 0 amide bonds. The third-order valence-corrected chi connectivity index (χ3v) is 0.271. The second-order valence-corrected chi connectivity index (χ2v) is 0.640. The lowest BCUT2D eigenvalue weighted by Gasteiger charge is -1.63. The van der Waals surface area contributed by atoms with Crippen molar-refractivity contribution in [1.29, 1.82) is 0 Å². The first-order valence-electron chi connectivity index (χ1n) is 1.49. The molecule has 0 fully saturated rings. The van der Waals surface area contributed by atoms with E-state index in [4.69, 9.17) is 0 Å². The third-order valence-electron chi connectivity index (χ3n) is 0.271. The van der Waals surface area contributed by atoms with Gasteiger partial charge in [-0.1, -0.05) is 0 Å². The lowest BCUT2D eigenvalue weighted by Crippen LogP contribution is -1.66. The van der Waals surface area contributed by atoms with E-state index in [-0.39, 0.29) is 14.1 Å². The van der Waals surface area contributed by atoms with Crippen molar-refractivity contribution in [3.63, 3.8) is 0 Å². The molecule has 0 aromatic rings. The molecule has 0 spiro atoms. The lowest BCUT2D eigenvalue weighted by atomic mass is 11.1. The number of aliphatic imine (C=N–C) groups is 2. The molecule has 0 saturated heterocycles. The van der Waals surface area contributed by atoms with E-state index in [2.05, 4.69) is 9.98 Å². The Hall–Kier alpha value is -1.24. The van der Waals surface area contributed by atoms with Crippen molar-refractivity contribution in [3.8, 4) is 0 Å². The molecule has 40 valence electrons. The number of carbonyl (C=O) groups excluding carboxylic acids is 2. The molecule has 0 atom stereocenters. The number of isocyanates is 2. The molecule has 0 bridgehead atoms. The summed E-state index contributed by atoms with van der Waals surface area (Å²) < 4.78 is 0. The highest BCUT2D eigenvalue weighted by Crippen LogP contribution is 1.61. The fourth-order valence-electron chi connectivity index (χ4n) is 0.0931. The molecule has 0 unspecified atom stereocenters. The fourth-order valence-corrected chi connectivity index (χ4v) is 0.0931. The van der Waals surface area contributed by atoms with Gasteiger partial charge in [0.25, 0.3) is 0 Å². The smallest absolute Gasteiger partial charge is 0.211 e. The molecule has 0 aliphatic carbocycles. The summed E-state index contributed by atoms with van der Waals surface area (Å²) in [5.41, 5.74) is 0. The van der Waals surface area contributed by atoms with Gasteiger partial charge < -0.3 is 0 Å². The molecule has 0 aliphatic rings. The van der Waals surface area contributed by atoms with Gasteiger partial charge in [0.05, 0.1) is 0 Å². The van der Waals surface area contributed by atoms with E-state index in [1.807, 2.05) is 0 Å². The van der Waals surface area contributed by atoms with Crippen molar-refractivity contribution in [2.24, 2.45) is 9.98 Å². The second kappa shape index (κ2) is 9.23. The van der Waals surface area contributed by atoms with Crippen molar-refractivity contribution in [2.75, 3.05) is 6.67 Å². The molecule has 0 N–H and O–H groups in total. The zero-order valence-corrected chi connectivity index (χ0v) is 3.92. The van der Waals surface area contributed by atoms with E-state index in [9.17, 15) is 9.59 Å². The lowest BCUT2D eigenvalue weighted by molar-refractivity contribution is 0.560. The van der Waals surface area contributed by atoms with E-state index in [1.165, 1.54) is 12.2 Å². The van der Waals surface area contributed by atoms with E-state index < -0.39 is 0 Å². The summed E-state index contributed by atoms with van der Waals surface area (Å²) in [7, 11) is 0. The second-order valence-electron chi connectivity index (χ2n) is 0.640. The Balaban J connectivity index is 0. The SMILES string of the molecule is O=C=NCN=C=O.[C]. The van der Waals surface area contributed by atoms with Crippen LogP contribution in [0.5, 0.6) is 0 Å². The van der Waals surface area contributed by atoms with Crippen LogP contribution in [-0.4, -0.2) is 18.8 Å².